The Labute approximate surface area is 294 Å². The van der Waals surface area contributed by atoms with E-state index in [4.69, 9.17) is 0 Å². The Kier molecular flexibility index (Phi) is 7.75. The van der Waals surface area contributed by atoms with Crippen LogP contribution in [0.4, 0.5) is 0 Å². The van der Waals surface area contributed by atoms with Gasteiger partial charge in [0.25, 0.3) is 0 Å². The highest BCUT2D eigenvalue weighted by Crippen LogP contribution is 2.66. The molecule has 9 rings (SSSR count). The van der Waals surface area contributed by atoms with Crippen LogP contribution in [0.1, 0.15) is 88.6 Å². The summed E-state index contributed by atoms with van der Waals surface area (Å²) in [6, 6.07) is 39.3. The fourth-order valence-corrected chi connectivity index (χ4v) is 11.5. The van der Waals surface area contributed by atoms with E-state index in [1.165, 1.54) is 105 Å². The number of nitrogens with zero attached hydrogens (tertiary/aromatic N) is 1. The fraction of sp³-hybridized carbons (Fsp3) is 0.340. The van der Waals surface area contributed by atoms with E-state index < -0.39 is 0 Å². The SMILES string of the molecule is Cc1cc(C)c(B(c2ccc(C34CC5CC(C3)CC(c3ccc(-c6ccc(C#N)cc6)cc3)(C5)C4)cc2)c2c(C)cc(C)cc2C)c(C)c1. The van der Waals surface area contributed by atoms with Gasteiger partial charge in [-0.15, -0.1) is 0 Å². The van der Waals surface area contributed by atoms with Gasteiger partial charge in [-0.1, -0.05) is 135 Å². The van der Waals surface area contributed by atoms with Gasteiger partial charge in [0.05, 0.1) is 11.6 Å². The average molecular weight is 638 g/mol. The normalized spacial score (nSPS) is 23.8. The highest BCUT2D eigenvalue weighted by molar-refractivity contribution is 6.96. The minimum absolute atomic E-state index is 0.215. The van der Waals surface area contributed by atoms with Crippen LogP contribution in [-0.2, 0) is 10.8 Å². The smallest absolute Gasteiger partial charge is 0.192 e. The van der Waals surface area contributed by atoms with Gasteiger partial charge in [-0.05, 0) is 137 Å². The maximum absolute atomic E-state index is 9.23. The van der Waals surface area contributed by atoms with Crippen molar-refractivity contribution < 1.29 is 0 Å². The van der Waals surface area contributed by atoms with Crippen LogP contribution < -0.4 is 16.4 Å². The first-order valence-corrected chi connectivity index (χ1v) is 18.4. The van der Waals surface area contributed by atoms with Crippen LogP contribution in [0.3, 0.4) is 0 Å². The molecule has 2 atom stereocenters. The van der Waals surface area contributed by atoms with E-state index in [1.807, 2.05) is 12.1 Å². The lowest BCUT2D eigenvalue weighted by Gasteiger charge is -2.63. The van der Waals surface area contributed by atoms with Crippen LogP contribution >= 0.6 is 0 Å². The molecule has 0 N–H and O–H groups in total. The van der Waals surface area contributed by atoms with Crippen LogP contribution in [0.25, 0.3) is 11.1 Å². The van der Waals surface area contributed by atoms with Gasteiger partial charge in [0, 0.05) is 0 Å². The van der Waals surface area contributed by atoms with Gasteiger partial charge in [0.15, 0.2) is 0 Å². The Hall–Kier alpha value is -4.35. The highest BCUT2D eigenvalue weighted by atomic mass is 14.6. The van der Waals surface area contributed by atoms with Gasteiger partial charge >= 0.3 is 0 Å². The van der Waals surface area contributed by atoms with Crippen LogP contribution in [0, 0.1) is 64.7 Å². The summed E-state index contributed by atoms with van der Waals surface area (Å²) in [5, 5.41) is 9.23. The predicted molar refractivity (Wildman–Crippen MR) is 207 cm³/mol. The van der Waals surface area contributed by atoms with Gasteiger partial charge in [-0.25, -0.2) is 0 Å². The van der Waals surface area contributed by atoms with E-state index in [2.05, 4.69) is 133 Å². The molecule has 5 aromatic rings. The lowest BCUT2D eigenvalue weighted by atomic mass is 9.34. The lowest BCUT2D eigenvalue weighted by Crippen LogP contribution is -2.57. The molecule has 4 saturated carbocycles. The number of rotatable bonds is 6. The summed E-state index contributed by atoms with van der Waals surface area (Å²) in [4.78, 5) is 0. The molecule has 5 aromatic carbocycles. The molecule has 4 aliphatic rings. The van der Waals surface area contributed by atoms with Gasteiger partial charge in [0.1, 0.15) is 0 Å². The van der Waals surface area contributed by atoms with Gasteiger partial charge in [0.2, 0.25) is 6.71 Å². The summed E-state index contributed by atoms with van der Waals surface area (Å²) < 4.78 is 0. The van der Waals surface area contributed by atoms with Crippen LogP contribution in [-0.4, -0.2) is 6.71 Å². The van der Waals surface area contributed by atoms with E-state index >= 15 is 0 Å². The summed E-state index contributed by atoms with van der Waals surface area (Å²) >= 11 is 0. The Bertz CT molecular complexity index is 1980. The monoisotopic (exact) mass is 637 g/mol. The summed E-state index contributed by atoms with van der Waals surface area (Å²) in [6.45, 7) is 13.9. The molecular weight excluding hydrogens is 589 g/mol. The summed E-state index contributed by atoms with van der Waals surface area (Å²) in [6.07, 6.45) is 8.01. The van der Waals surface area contributed by atoms with Crippen molar-refractivity contribution in [2.24, 2.45) is 11.8 Å². The minimum Gasteiger partial charge on any atom is -0.192 e. The van der Waals surface area contributed by atoms with E-state index in [1.54, 1.807) is 5.56 Å². The summed E-state index contributed by atoms with van der Waals surface area (Å²) in [5.41, 5.74) is 19.3. The second kappa shape index (κ2) is 11.9. The maximum atomic E-state index is 9.23. The van der Waals surface area contributed by atoms with Crippen molar-refractivity contribution >= 4 is 23.1 Å². The third-order valence-corrected chi connectivity index (χ3v) is 12.8. The zero-order valence-electron chi connectivity index (χ0n) is 30.2. The molecule has 0 radical (unpaired) electrons. The van der Waals surface area contributed by atoms with Crippen LogP contribution in [0.5, 0.6) is 0 Å². The molecule has 4 aliphatic carbocycles. The first kappa shape index (κ1) is 31.9. The first-order valence-electron chi connectivity index (χ1n) is 18.4. The molecule has 0 aliphatic heterocycles. The zero-order valence-corrected chi connectivity index (χ0v) is 30.2. The molecule has 1 nitrogen and oxygen atoms in total. The largest absolute Gasteiger partial charge is 0.242 e. The molecule has 4 fully saturated rings. The predicted octanol–water partition coefficient (Wildman–Crippen LogP) is 9.38. The number of hydrogen-bond acceptors (Lipinski definition) is 1. The standard InChI is InChI=1S/C47H48BN/c1-30-19-32(3)44(33(4)20-30)48(45-34(5)21-31(2)22-35(45)6)43-17-15-42(16-18-43)47-26-37-23-38(27-47)25-46(24-37,29-47)41-13-11-40(12-14-41)39-9-7-36(28-49)8-10-39/h7-22,37-38H,23-27,29H2,1-6H3. The van der Waals surface area contributed by atoms with Crippen LogP contribution in [0.2, 0.25) is 0 Å². The second-order valence-electron chi connectivity index (χ2n) is 16.5. The van der Waals surface area contributed by atoms with E-state index in [0.717, 1.165) is 11.8 Å². The third kappa shape index (κ3) is 5.47. The molecular formula is C47H48BN. The number of benzene rings is 5. The number of aryl methyl sites for hydroxylation is 6. The lowest BCUT2D eigenvalue weighted by molar-refractivity contribution is -0.0281. The molecule has 244 valence electrons. The molecule has 0 saturated heterocycles. The first-order chi connectivity index (χ1) is 23.6. The third-order valence-electron chi connectivity index (χ3n) is 12.8. The van der Waals surface area contributed by atoms with Crippen LogP contribution in [0.15, 0.2) is 97.1 Å². The molecule has 49 heavy (non-hydrogen) atoms. The Morgan fingerprint density at radius 1 is 0.551 bits per heavy atom. The molecule has 2 unspecified atom stereocenters. The topological polar surface area (TPSA) is 23.8 Å². The molecule has 0 aromatic heterocycles. The second-order valence-corrected chi connectivity index (χ2v) is 16.5. The van der Waals surface area contributed by atoms with E-state index in [-0.39, 0.29) is 17.5 Å². The molecule has 0 amide bonds. The fourth-order valence-electron chi connectivity index (χ4n) is 11.5. The van der Waals surface area contributed by atoms with Crippen molar-refractivity contribution in [3.8, 4) is 17.2 Å². The van der Waals surface area contributed by atoms with Crippen molar-refractivity contribution in [2.45, 2.75) is 90.9 Å². The van der Waals surface area contributed by atoms with E-state index in [0.29, 0.717) is 5.56 Å². The summed E-state index contributed by atoms with van der Waals surface area (Å²) in [5.74, 6) is 1.62. The highest BCUT2D eigenvalue weighted by Gasteiger charge is 2.58. The zero-order chi connectivity index (χ0) is 34.1. The number of nitriles is 1. The molecule has 0 heterocycles. The number of hydrogen-bond donors (Lipinski definition) is 0. The molecule has 4 bridgehead atoms. The van der Waals surface area contributed by atoms with Gasteiger partial charge in [-0.2, -0.15) is 5.26 Å². The van der Waals surface area contributed by atoms with Crippen molar-refractivity contribution in [3.05, 3.63) is 147 Å². The quantitative estimate of drug-likeness (QED) is 0.170. The van der Waals surface area contributed by atoms with E-state index in [9.17, 15) is 5.26 Å². The molecule has 0 spiro atoms. The maximum Gasteiger partial charge on any atom is 0.242 e. The van der Waals surface area contributed by atoms with Gasteiger partial charge in [-0.3, -0.25) is 0 Å². The minimum atomic E-state index is 0.215. The molecule has 2 heteroatoms. The van der Waals surface area contributed by atoms with Gasteiger partial charge < -0.3 is 0 Å². The Balaban J connectivity index is 1.15. The Morgan fingerprint density at radius 3 is 1.35 bits per heavy atom. The van der Waals surface area contributed by atoms with Crippen molar-refractivity contribution in [1.29, 1.82) is 5.26 Å². The Morgan fingerprint density at radius 2 is 0.939 bits per heavy atom. The van der Waals surface area contributed by atoms with Crippen molar-refractivity contribution in [2.75, 3.05) is 0 Å². The van der Waals surface area contributed by atoms with Crippen molar-refractivity contribution in [3.63, 3.8) is 0 Å². The average Bonchev–Trinajstić information content (AvgIpc) is 3.06. The summed E-state index contributed by atoms with van der Waals surface area (Å²) in [7, 11) is 0. The van der Waals surface area contributed by atoms with Crippen molar-refractivity contribution in [1.82, 2.24) is 0 Å².